The number of aryl methyl sites for hydroxylation is 1. The maximum Gasteiger partial charge on any atom is 0.191 e. The van der Waals surface area contributed by atoms with Gasteiger partial charge in [-0.2, -0.15) is 0 Å². The van der Waals surface area contributed by atoms with Crippen LogP contribution in [0, 0.1) is 6.92 Å². The molecular formula is C19H26IN3O2S2. The van der Waals surface area contributed by atoms with Crippen molar-refractivity contribution in [2.24, 2.45) is 4.99 Å². The monoisotopic (exact) mass is 519 g/mol. The molecular weight excluding hydrogens is 493 g/mol. The average Bonchev–Trinajstić information content (AvgIpc) is 2.65. The van der Waals surface area contributed by atoms with Crippen LogP contribution in [0.2, 0.25) is 0 Å². The van der Waals surface area contributed by atoms with Crippen LogP contribution in [-0.2, 0) is 16.4 Å². The third kappa shape index (κ3) is 7.34. The summed E-state index contributed by atoms with van der Waals surface area (Å²) in [6, 6.07) is 14.8. The molecule has 0 heterocycles. The van der Waals surface area contributed by atoms with Gasteiger partial charge in [0, 0.05) is 25.0 Å². The number of hydrogen-bond donors (Lipinski definition) is 2. The first-order valence-corrected chi connectivity index (χ1v) is 11.2. The lowest BCUT2D eigenvalue weighted by molar-refractivity contribution is 0.594. The summed E-state index contributed by atoms with van der Waals surface area (Å²) in [6.07, 6.45) is 2.06. The lowest BCUT2D eigenvalue weighted by atomic mass is 10.1. The topological polar surface area (TPSA) is 70.6 Å². The SMILES string of the molecule is CN=C(NCCS(=O)(=O)c1ccccc1)NCc1ccc(C)cc1SC.I. The number of nitrogens with one attached hydrogen (secondary N) is 2. The van der Waals surface area contributed by atoms with Gasteiger partial charge in [-0.15, -0.1) is 35.7 Å². The highest BCUT2D eigenvalue weighted by atomic mass is 127. The van der Waals surface area contributed by atoms with Gasteiger partial charge in [0.25, 0.3) is 0 Å². The zero-order valence-electron chi connectivity index (χ0n) is 15.7. The molecule has 0 unspecified atom stereocenters. The Morgan fingerprint density at radius 2 is 1.81 bits per heavy atom. The zero-order chi connectivity index (χ0) is 19.0. The van der Waals surface area contributed by atoms with Gasteiger partial charge in [0.2, 0.25) is 0 Å². The van der Waals surface area contributed by atoms with Crippen LogP contribution in [-0.4, -0.2) is 40.0 Å². The molecule has 2 aromatic carbocycles. The van der Waals surface area contributed by atoms with Gasteiger partial charge in [-0.3, -0.25) is 4.99 Å². The Hall–Kier alpha value is -1.26. The summed E-state index contributed by atoms with van der Waals surface area (Å²) in [6.45, 7) is 2.99. The molecule has 0 fully saturated rings. The van der Waals surface area contributed by atoms with E-state index in [-0.39, 0.29) is 29.7 Å². The van der Waals surface area contributed by atoms with Crippen LogP contribution in [0.4, 0.5) is 0 Å². The molecule has 148 valence electrons. The summed E-state index contributed by atoms with van der Waals surface area (Å²) < 4.78 is 24.6. The molecule has 0 spiro atoms. The first-order valence-electron chi connectivity index (χ1n) is 8.32. The fourth-order valence-electron chi connectivity index (χ4n) is 2.45. The van der Waals surface area contributed by atoms with Crippen molar-refractivity contribution in [2.45, 2.75) is 23.3 Å². The second-order valence-corrected chi connectivity index (χ2v) is 8.76. The summed E-state index contributed by atoms with van der Waals surface area (Å²) in [5.41, 5.74) is 2.41. The first kappa shape index (κ1) is 23.8. The molecule has 0 saturated carbocycles. The van der Waals surface area contributed by atoms with Gasteiger partial charge in [0.15, 0.2) is 15.8 Å². The van der Waals surface area contributed by atoms with Gasteiger partial charge in [-0.1, -0.05) is 30.3 Å². The molecule has 0 amide bonds. The molecule has 8 heteroatoms. The zero-order valence-corrected chi connectivity index (χ0v) is 19.7. The number of guanidine groups is 1. The highest BCUT2D eigenvalue weighted by Gasteiger charge is 2.13. The number of hydrogen-bond acceptors (Lipinski definition) is 4. The van der Waals surface area contributed by atoms with Crippen LogP contribution in [0.15, 0.2) is 63.3 Å². The van der Waals surface area contributed by atoms with Gasteiger partial charge >= 0.3 is 0 Å². The van der Waals surface area contributed by atoms with Crippen molar-refractivity contribution in [2.75, 3.05) is 25.6 Å². The van der Waals surface area contributed by atoms with Gasteiger partial charge in [0.05, 0.1) is 10.6 Å². The van der Waals surface area contributed by atoms with Gasteiger partial charge in [-0.25, -0.2) is 8.42 Å². The standard InChI is InChI=1S/C19H25N3O2S2.HI/c1-15-9-10-16(18(13-15)25-3)14-22-19(20-2)21-11-12-26(23,24)17-7-5-4-6-8-17;/h4-10,13H,11-12,14H2,1-3H3,(H2,20,21,22);1H. The minimum atomic E-state index is -3.30. The molecule has 0 bridgehead atoms. The second kappa shape index (κ2) is 11.6. The average molecular weight is 519 g/mol. The van der Waals surface area contributed by atoms with E-state index in [1.54, 1.807) is 49.1 Å². The summed E-state index contributed by atoms with van der Waals surface area (Å²) >= 11 is 1.71. The number of nitrogens with zero attached hydrogens (tertiary/aromatic N) is 1. The van der Waals surface area contributed by atoms with Crippen LogP contribution >= 0.6 is 35.7 Å². The Kier molecular flexibility index (Phi) is 10.2. The fraction of sp³-hybridized carbons (Fsp3) is 0.316. The third-order valence-electron chi connectivity index (χ3n) is 3.88. The van der Waals surface area contributed by atoms with E-state index in [0.29, 0.717) is 23.9 Å². The Labute approximate surface area is 183 Å². The van der Waals surface area contributed by atoms with E-state index >= 15 is 0 Å². The normalized spacial score (nSPS) is 11.6. The van der Waals surface area contributed by atoms with Crippen molar-refractivity contribution < 1.29 is 8.42 Å². The number of thioether (sulfide) groups is 1. The summed E-state index contributed by atoms with van der Waals surface area (Å²) in [7, 11) is -1.62. The molecule has 2 N–H and O–H groups in total. The van der Waals surface area contributed by atoms with Crippen molar-refractivity contribution in [1.29, 1.82) is 0 Å². The van der Waals surface area contributed by atoms with Crippen molar-refractivity contribution in [3.05, 3.63) is 59.7 Å². The molecule has 0 aliphatic carbocycles. The Bertz CT molecular complexity index is 857. The lowest BCUT2D eigenvalue weighted by Crippen LogP contribution is -2.39. The van der Waals surface area contributed by atoms with E-state index in [1.165, 1.54) is 16.0 Å². The number of halogens is 1. The minimum absolute atomic E-state index is 0. The molecule has 0 aromatic heterocycles. The fourth-order valence-corrected chi connectivity index (χ4v) is 4.33. The predicted octanol–water partition coefficient (Wildman–Crippen LogP) is 3.47. The first-order chi connectivity index (χ1) is 12.5. The van der Waals surface area contributed by atoms with Gasteiger partial charge in [-0.05, 0) is 42.5 Å². The number of rotatable bonds is 7. The van der Waals surface area contributed by atoms with Crippen LogP contribution in [0.25, 0.3) is 0 Å². The number of aliphatic imine (C=N–C) groups is 1. The molecule has 2 aromatic rings. The van der Waals surface area contributed by atoms with Crippen molar-refractivity contribution in [3.8, 4) is 0 Å². The van der Waals surface area contributed by atoms with Crippen molar-refractivity contribution >= 4 is 51.5 Å². The largest absolute Gasteiger partial charge is 0.355 e. The van der Waals surface area contributed by atoms with E-state index in [0.717, 1.165) is 0 Å². The maximum absolute atomic E-state index is 12.3. The molecule has 2 rings (SSSR count). The van der Waals surface area contributed by atoms with Crippen molar-refractivity contribution in [1.82, 2.24) is 10.6 Å². The molecule has 0 radical (unpaired) electrons. The highest BCUT2D eigenvalue weighted by Crippen LogP contribution is 2.21. The second-order valence-electron chi connectivity index (χ2n) is 5.80. The quantitative estimate of drug-likeness (QED) is 0.254. The van der Waals surface area contributed by atoms with Crippen LogP contribution in [0.5, 0.6) is 0 Å². The van der Waals surface area contributed by atoms with E-state index < -0.39 is 9.84 Å². The molecule has 5 nitrogen and oxygen atoms in total. The minimum Gasteiger partial charge on any atom is -0.355 e. The molecule has 27 heavy (non-hydrogen) atoms. The summed E-state index contributed by atoms with van der Waals surface area (Å²) in [4.78, 5) is 5.72. The smallest absolute Gasteiger partial charge is 0.191 e. The van der Waals surface area contributed by atoms with Crippen LogP contribution in [0.3, 0.4) is 0 Å². The van der Waals surface area contributed by atoms with Gasteiger partial charge in [0.1, 0.15) is 0 Å². The summed E-state index contributed by atoms with van der Waals surface area (Å²) in [5.74, 6) is 0.596. The lowest BCUT2D eigenvalue weighted by Gasteiger charge is -2.14. The van der Waals surface area contributed by atoms with Gasteiger partial charge < -0.3 is 10.6 Å². The van der Waals surface area contributed by atoms with E-state index in [4.69, 9.17) is 0 Å². The van der Waals surface area contributed by atoms with E-state index in [1.807, 2.05) is 0 Å². The maximum atomic E-state index is 12.3. The summed E-state index contributed by atoms with van der Waals surface area (Å²) in [5, 5.41) is 6.30. The Morgan fingerprint density at radius 1 is 1.11 bits per heavy atom. The molecule has 0 saturated heterocycles. The number of benzene rings is 2. The third-order valence-corrected chi connectivity index (χ3v) is 6.43. The van der Waals surface area contributed by atoms with E-state index in [2.05, 4.69) is 47.0 Å². The van der Waals surface area contributed by atoms with Crippen LogP contribution in [0.1, 0.15) is 11.1 Å². The van der Waals surface area contributed by atoms with Crippen LogP contribution < -0.4 is 10.6 Å². The molecule has 0 atom stereocenters. The number of sulfone groups is 1. The predicted molar refractivity (Wildman–Crippen MR) is 125 cm³/mol. The highest BCUT2D eigenvalue weighted by molar-refractivity contribution is 14.0. The van der Waals surface area contributed by atoms with E-state index in [9.17, 15) is 8.42 Å². The Balaban J connectivity index is 0.00000364. The molecule has 0 aliphatic heterocycles. The molecule has 0 aliphatic rings. The Morgan fingerprint density at radius 3 is 2.44 bits per heavy atom. The van der Waals surface area contributed by atoms with Crippen molar-refractivity contribution in [3.63, 3.8) is 0 Å².